The first kappa shape index (κ1) is 15.9. The molecule has 1 heterocycles. The molecule has 0 spiro atoms. The largest absolute Gasteiger partial charge is 0.313 e. The maximum absolute atomic E-state index is 14.8. The molecule has 1 aliphatic heterocycles. The summed E-state index contributed by atoms with van der Waals surface area (Å²) in [5.74, 6) is 0.451. The van der Waals surface area contributed by atoms with E-state index >= 15 is 0 Å². The van der Waals surface area contributed by atoms with Crippen LogP contribution in [0.5, 0.6) is 0 Å². The van der Waals surface area contributed by atoms with Gasteiger partial charge in [-0.15, -0.1) is 0 Å². The highest BCUT2D eigenvalue weighted by Crippen LogP contribution is 2.78. The second-order valence-electron chi connectivity index (χ2n) is 7.50. The van der Waals surface area contributed by atoms with E-state index in [1.54, 1.807) is 0 Å². The highest BCUT2D eigenvalue weighted by Gasteiger charge is 2.59. The maximum Gasteiger partial charge on any atom is 0.149 e. The lowest BCUT2D eigenvalue weighted by Crippen LogP contribution is -2.37. The first-order chi connectivity index (χ1) is 11.6. The van der Waals surface area contributed by atoms with Gasteiger partial charge >= 0.3 is 0 Å². The summed E-state index contributed by atoms with van der Waals surface area (Å²) in [4.78, 5) is 0. The Bertz CT molecular complexity index is 822. The minimum atomic E-state index is -2.67. The molecule has 2 heteroatoms. The molecule has 0 bridgehead atoms. The third-order valence-electron chi connectivity index (χ3n) is 6.27. The Balaban J connectivity index is 2.01. The van der Waals surface area contributed by atoms with Crippen molar-refractivity contribution in [1.29, 1.82) is 0 Å². The van der Waals surface area contributed by atoms with E-state index in [1.165, 1.54) is 24.8 Å². The minimum absolute atomic E-state index is 0.123. The lowest BCUT2D eigenvalue weighted by atomic mass is 9.76. The molecule has 124 valence electrons. The maximum atomic E-state index is 14.8. The van der Waals surface area contributed by atoms with Crippen LogP contribution in [0.4, 0.5) is 0 Å². The highest BCUT2D eigenvalue weighted by molar-refractivity contribution is 7.83. The van der Waals surface area contributed by atoms with Crippen LogP contribution in [0, 0.1) is 5.92 Å². The molecule has 4 rings (SSSR count). The summed E-state index contributed by atoms with van der Waals surface area (Å²) in [7, 11) is -2.67. The van der Waals surface area contributed by atoms with Gasteiger partial charge in [-0.3, -0.25) is 0 Å². The molecule has 1 aliphatic carbocycles. The van der Waals surface area contributed by atoms with Crippen molar-refractivity contribution >= 4 is 17.8 Å². The number of hydrogen-bond donors (Lipinski definition) is 0. The summed E-state index contributed by atoms with van der Waals surface area (Å²) in [5, 5.41) is 2.06. The summed E-state index contributed by atoms with van der Waals surface area (Å²) in [5.41, 5.74) is 2.52. The van der Waals surface area contributed by atoms with Crippen LogP contribution >= 0.6 is 7.14 Å². The highest BCUT2D eigenvalue weighted by atomic mass is 31.2. The van der Waals surface area contributed by atoms with Crippen LogP contribution in [0.25, 0.3) is 5.31 Å². The molecule has 24 heavy (non-hydrogen) atoms. The van der Waals surface area contributed by atoms with Crippen molar-refractivity contribution in [2.75, 3.05) is 0 Å². The zero-order valence-corrected chi connectivity index (χ0v) is 15.4. The molecular weight excluding hydrogens is 311 g/mol. The van der Waals surface area contributed by atoms with Gasteiger partial charge in [-0.1, -0.05) is 86.0 Å². The van der Waals surface area contributed by atoms with E-state index in [9.17, 15) is 4.57 Å². The first-order valence-electron chi connectivity index (χ1n) is 9.01. The Morgan fingerprint density at radius 1 is 0.958 bits per heavy atom. The summed E-state index contributed by atoms with van der Waals surface area (Å²) in [6, 6.07) is 20.7. The Kier molecular flexibility index (Phi) is 3.81. The van der Waals surface area contributed by atoms with Crippen molar-refractivity contribution in [1.82, 2.24) is 0 Å². The summed E-state index contributed by atoms with van der Waals surface area (Å²) in [6.45, 7) is 4.53. The molecule has 2 aliphatic rings. The van der Waals surface area contributed by atoms with Crippen LogP contribution in [-0.2, 0) is 4.57 Å². The molecule has 0 unspecified atom stereocenters. The molecule has 3 atom stereocenters. The van der Waals surface area contributed by atoms with E-state index < -0.39 is 7.14 Å². The molecule has 0 aromatic heterocycles. The molecule has 1 fully saturated rings. The van der Waals surface area contributed by atoms with Gasteiger partial charge in [0.25, 0.3) is 0 Å². The number of allylic oxidation sites excluding steroid dienone is 1. The quantitative estimate of drug-likeness (QED) is 0.608. The number of hydrogen-bond acceptors (Lipinski definition) is 1. The minimum Gasteiger partial charge on any atom is -0.313 e. The Hall–Kier alpha value is -1.59. The topological polar surface area (TPSA) is 17.1 Å². The van der Waals surface area contributed by atoms with Gasteiger partial charge in [0.1, 0.15) is 7.14 Å². The van der Waals surface area contributed by atoms with E-state index in [2.05, 4.69) is 50.2 Å². The van der Waals surface area contributed by atoms with Crippen LogP contribution in [0.1, 0.15) is 45.1 Å². The fourth-order valence-electron chi connectivity index (χ4n) is 5.11. The van der Waals surface area contributed by atoms with E-state index in [0.717, 1.165) is 22.6 Å². The van der Waals surface area contributed by atoms with Gasteiger partial charge in [0, 0.05) is 15.8 Å². The zero-order valence-electron chi connectivity index (χ0n) is 14.5. The SMILES string of the molecule is CC1=C(c2ccccc2)[P@@](=O)(c2ccccc2)[C@]2(C)CCCC[C@@H]12. The van der Waals surface area contributed by atoms with Crippen LogP contribution in [-0.4, -0.2) is 5.16 Å². The van der Waals surface area contributed by atoms with Crippen LogP contribution < -0.4 is 5.30 Å². The fourth-order valence-corrected chi connectivity index (χ4v) is 9.46. The number of fused-ring (bicyclic) bond motifs is 1. The Morgan fingerprint density at radius 2 is 1.58 bits per heavy atom. The monoisotopic (exact) mass is 336 g/mol. The molecule has 2 aromatic carbocycles. The van der Waals surface area contributed by atoms with E-state index in [1.807, 2.05) is 24.3 Å². The van der Waals surface area contributed by atoms with Crippen LogP contribution in [0.2, 0.25) is 0 Å². The molecule has 0 amide bonds. The first-order valence-corrected chi connectivity index (χ1v) is 10.7. The van der Waals surface area contributed by atoms with E-state index in [4.69, 9.17) is 0 Å². The summed E-state index contributed by atoms with van der Waals surface area (Å²) in [6.07, 6.45) is 4.70. The summed E-state index contributed by atoms with van der Waals surface area (Å²) >= 11 is 0. The second-order valence-corrected chi connectivity index (χ2v) is 10.7. The average molecular weight is 336 g/mol. The van der Waals surface area contributed by atoms with Gasteiger partial charge in [0.15, 0.2) is 0 Å². The van der Waals surface area contributed by atoms with Crippen molar-refractivity contribution < 1.29 is 4.57 Å². The van der Waals surface area contributed by atoms with Crippen molar-refractivity contribution in [2.24, 2.45) is 5.92 Å². The van der Waals surface area contributed by atoms with Crippen molar-refractivity contribution in [2.45, 2.75) is 44.7 Å². The van der Waals surface area contributed by atoms with Crippen molar-refractivity contribution in [3.05, 3.63) is 71.8 Å². The van der Waals surface area contributed by atoms with Gasteiger partial charge in [0.2, 0.25) is 0 Å². The van der Waals surface area contributed by atoms with Crippen molar-refractivity contribution in [3.63, 3.8) is 0 Å². The predicted octanol–water partition coefficient (Wildman–Crippen LogP) is 6.07. The number of rotatable bonds is 2. The van der Waals surface area contributed by atoms with Gasteiger partial charge in [-0.25, -0.2) is 0 Å². The van der Waals surface area contributed by atoms with Crippen LogP contribution in [0.3, 0.4) is 0 Å². The fraction of sp³-hybridized carbons (Fsp3) is 0.364. The normalized spacial score (nSPS) is 32.7. The predicted molar refractivity (Wildman–Crippen MR) is 103 cm³/mol. The average Bonchev–Trinajstić information content (AvgIpc) is 2.81. The van der Waals surface area contributed by atoms with Gasteiger partial charge in [-0.2, -0.15) is 0 Å². The molecular formula is C22H25OP. The smallest absolute Gasteiger partial charge is 0.149 e. The van der Waals surface area contributed by atoms with E-state index in [0.29, 0.717) is 5.92 Å². The molecule has 0 saturated heterocycles. The number of benzene rings is 2. The van der Waals surface area contributed by atoms with Gasteiger partial charge in [-0.05, 0) is 31.2 Å². The van der Waals surface area contributed by atoms with E-state index in [-0.39, 0.29) is 5.16 Å². The van der Waals surface area contributed by atoms with Gasteiger partial charge < -0.3 is 4.57 Å². The lowest BCUT2D eigenvalue weighted by molar-refractivity contribution is 0.322. The summed E-state index contributed by atoms with van der Waals surface area (Å²) < 4.78 is 14.8. The second kappa shape index (κ2) is 5.74. The van der Waals surface area contributed by atoms with Crippen LogP contribution in [0.15, 0.2) is 66.2 Å². The third-order valence-corrected chi connectivity index (χ3v) is 10.5. The molecule has 1 nitrogen and oxygen atoms in total. The molecule has 0 N–H and O–H groups in total. The van der Waals surface area contributed by atoms with Crippen molar-refractivity contribution in [3.8, 4) is 0 Å². The molecule has 0 radical (unpaired) electrons. The molecule has 1 saturated carbocycles. The lowest BCUT2D eigenvalue weighted by Gasteiger charge is -2.42. The zero-order chi connectivity index (χ0) is 16.8. The molecule has 2 aromatic rings. The Labute approximate surface area is 145 Å². The third kappa shape index (κ3) is 2.04. The van der Waals surface area contributed by atoms with Gasteiger partial charge in [0.05, 0.1) is 0 Å². The standard InChI is InChI=1S/C22H25OP/c1-17-20-15-9-10-16-22(20,2)24(23,19-13-7-4-8-14-19)21(17)18-11-5-3-6-12-18/h3-8,11-14,20H,9-10,15-16H2,1-2H3/t20-,22+,24-/m0/s1. The Morgan fingerprint density at radius 3 is 2.25 bits per heavy atom.